The van der Waals surface area contributed by atoms with Gasteiger partial charge in [0.05, 0.1) is 20.3 Å². The van der Waals surface area contributed by atoms with Crippen molar-refractivity contribution in [3.8, 4) is 11.5 Å². The Bertz CT molecular complexity index is 304. The fourth-order valence-electron chi connectivity index (χ4n) is 1.39. The number of rotatable bonds is 6. The van der Waals surface area contributed by atoms with Crippen LogP contribution >= 0.6 is 0 Å². The second kappa shape index (κ2) is 6.35. The van der Waals surface area contributed by atoms with Crippen LogP contribution in [0.15, 0.2) is 18.2 Å². The summed E-state index contributed by atoms with van der Waals surface area (Å²) in [6, 6.07) is 5.72. The molecule has 16 heavy (non-hydrogen) atoms. The molecule has 1 aromatic carbocycles. The molecule has 4 nitrogen and oxygen atoms in total. The van der Waals surface area contributed by atoms with Gasteiger partial charge in [-0.25, -0.2) is 0 Å². The lowest BCUT2D eigenvalue weighted by atomic mass is 10.2. The van der Waals surface area contributed by atoms with Crippen LogP contribution in [0.2, 0.25) is 0 Å². The second-order valence-corrected chi connectivity index (χ2v) is 3.70. The van der Waals surface area contributed by atoms with E-state index in [1.165, 1.54) is 0 Å². The zero-order valence-corrected chi connectivity index (χ0v) is 9.99. The third-order valence-electron chi connectivity index (χ3n) is 2.18. The van der Waals surface area contributed by atoms with Crippen LogP contribution in [-0.4, -0.2) is 32.0 Å². The van der Waals surface area contributed by atoms with Gasteiger partial charge in [-0.05, 0) is 24.6 Å². The zero-order chi connectivity index (χ0) is 12.0. The lowest BCUT2D eigenvalue weighted by Gasteiger charge is -2.10. The molecule has 0 amide bonds. The van der Waals surface area contributed by atoms with Crippen molar-refractivity contribution < 1.29 is 14.6 Å². The van der Waals surface area contributed by atoms with Crippen molar-refractivity contribution in [3.05, 3.63) is 23.8 Å². The van der Waals surface area contributed by atoms with Gasteiger partial charge in [0.2, 0.25) is 0 Å². The molecule has 0 saturated heterocycles. The van der Waals surface area contributed by atoms with E-state index in [0.717, 1.165) is 17.1 Å². The van der Waals surface area contributed by atoms with Crippen molar-refractivity contribution in [1.29, 1.82) is 0 Å². The van der Waals surface area contributed by atoms with E-state index in [1.807, 2.05) is 18.2 Å². The average Bonchev–Trinajstić information content (AvgIpc) is 2.28. The summed E-state index contributed by atoms with van der Waals surface area (Å²) >= 11 is 0. The predicted molar refractivity (Wildman–Crippen MR) is 62.9 cm³/mol. The molecular formula is C12H19NO3. The van der Waals surface area contributed by atoms with Crippen molar-refractivity contribution >= 4 is 0 Å². The number of ether oxygens (including phenoxy) is 2. The number of aliphatic hydroxyl groups is 1. The molecule has 0 radical (unpaired) electrons. The van der Waals surface area contributed by atoms with Crippen LogP contribution in [0.3, 0.4) is 0 Å². The Kier molecular flexibility index (Phi) is 5.08. The maximum Gasteiger partial charge on any atom is 0.122 e. The van der Waals surface area contributed by atoms with Gasteiger partial charge in [-0.1, -0.05) is 0 Å². The van der Waals surface area contributed by atoms with Crippen LogP contribution in [-0.2, 0) is 6.54 Å². The summed E-state index contributed by atoms with van der Waals surface area (Å²) in [6.45, 7) is 3.00. The van der Waals surface area contributed by atoms with Gasteiger partial charge < -0.3 is 19.9 Å². The Balaban J connectivity index is 2.64. The van der Waals surface area contributed by atoms with E-state index in [0.29, 0.717) is 13.1 Å². The Morgan fingerprint density at radius 1 is 1.19 bits per heavy atom. The molecule has 0 bridgehead atoms. The Morgan fingerprint density at radius 3 is 2.19 bits per heavy atom. The van der Waals surface area contributed by atoms with Crippen LogP contribution in [0.4, 0.5) is 0 Å². The fourth-order valence-corrected chi connectivity index (χ4v) is 1.39. The van der Waals surface area contributed by atoms with Crippen molar-refractivity contribution in [2.24, 2.45) is 0 Å². The van der Waals surface area contributed by atoms with E-state index in [1.54, 1.807) is 21.1 Å². The van der Waals surface area contributed by atoms with Gasteiger partial charge in [-0.2, -0.15) is 0 Å². The first-order valence-electron chi connectivity index (χ1n) is 5.26. The quantitative estimate of drug-likeness (QED) is 0.763. The van der Waals surface area contributed by atoms with Gasteiger partial charge >= 0.3 is 0 Å². The monoisotopic (exact) mass is 225 g/mol. The van der Waals surface area contributed by atoms with Crippen LogP contribution in [0.25, 0.3) is 0 Å². The minimum absolute atomic E-state index is 0.340. The molecule has 1 rings (SSSR count). The van der Waals surface area contributed by atoms with Gasteiger partial charge in [0.25, 0.3) is 0 Å². The zero-order valence-electron chi connectivity index (χ0n) is 9.99. The van der Waals surface area contributed by atoms with Gasteiger partial charge in [-0.3, -0.25) is 0 Å². The van der Waals surface area contributed by atoms with Gasteiger partial charge in [0.1, 0.15) is 11.5 Å². The third kappa shape index (κ3) is 4.08. The summed E-state index contributed by atoms with van der Waals surface area (Å²) in [4.78, 5) is 0. The van der Waals surface area contributed by atoms with Crippen molar-refractivity contribution in [1.82, 2.24) is 5.32 Å². The van der Waals surface area contributed by atoms with Crippen LogP contribution in [0.1, 0.15) is 12.5 Å². The molecule has 0 aliphatic carbocycles. The predicted octanol–water partition coefficient (Wildman–Crippen LogP) is 1.17. The summed E-state index contributed by atoms with van der Waals surface area (Å²) in [5, 5.41) is 12.3. The smallest absolute Gasteiger partial charge is 0.122 e. The highest BCUT2D eigenvalue weighted by atomic mass is 16.5. The maximum absolute atomic E-state index is 9.12. The molecule has 0 heterocycles. The number of methoxy groups -OCH3 is 2. The van der Waals surface area contributed by atoms with E-state index in [9.17, 15) is 0 Å². The highest BCUT2D eigenvalue weighted by molar-refractivity contribution is 5.38. The Hall–Kier alpha value is -1.26. The van der Waals surface area contributed by atoms with Crippen molar-refractivity contribution in [2.45, 2.75) is 19.6 Å². The summed E-state index contributed by atoms with van der Waals surface area (Å²) in [7, 11) is 3.25. The largest absolute Gasteiger partial charge is 0.497 e. The molecule has 0 aliphatic rings. The molecule has 1 aromatic rings. The molecule has 0 fully saturated rings. The van der Waals surface area contributed by atoms with E-state index < -0.39 is 0 Å². The summed E-state index contributed by atoms with van der Waals surface area (Å²) in [5.41, 5.74) is 1.07. The molecule has 0 spiro atoms. The first-order valence-corrected chi connectivity index (χ1v) is 5.26. The minimum Gasteiger partial charge on any atom is -0.497 e. The fraction of sp³-hybridized carbons (Fsp3) is 0.500. The van der Waals surface area contributed by atoms with E-state index in [-0.39, 0.29) is 6.10 Å². The molecule has 1 atom stereocenters. The minimum atomic E-state index is -0.340. The van der Waals surface area contributed by atoms with Crippen molar-refractivity contribution in [3.63, 3.8) is 0 Å². The highest BCUT2D eigenvalue weighted by Crippen LogP contribution is 2.22. The lowest BCUT2D eigenvalue weighted by molar-refractivity contribution is 0.191. The number of nitrogens with one attached hydrogen (secondary N) is 1. The molecule has 0 saturated carbocycles. The number of aliphatic hydroxyl groups excluding tert-OH is 1. The first kappa shape index (κ1) is 12.8. The normalized spacial score (nSPS) is 12.2. The molecular weight excluding hydrogens is 206 g/mol. The molecule has 0 aromatic heterocycles. The number of hydrogen-bond acceptors (Lipinski definition) is 4. The van der Waals surface area contributed by atoms with Gasteiger partial charge in [0, 0.05) is 19.2 Å². The Morgan fingerprint density at radius 2 is 1.75 bits per heavy atom. The summed E-state index contributed by atoms with van der Waals surface area (Å²) < 4.78 is 10.3. The van der Waals surface area contributed by atoms with Gasteiger partial charge in [-0.15, -0.1) is 0 Å². The Labute approximate surface area is 96.2 Å². The van der Waals surface area contributed by atoms with E-state index in [2.05, 4.69) is 5.32 Å². The average molecular weight is 225 g/mol. The van der Waals surface area contributed by atoms with Crippen LogP contribution in [0, 0.1) is 0 Å². The molecule has 0 unspecified atom stereocenters. The SMILES string of the molecule is COc1cc(CNC[C@@H](C)O)cc(OC)c1. The third-order valence-corrected chi connectivity index (χ3v) is 2.18. The number of hydrogen-bond donors (Lipinski definition) is 2. The lowest BCUT2D eigenvalue weighted by Crippen LogP contribution is -2.23. The topological polar surface area (TPSA) is 50.7 Å². The van der Waals surface area contributed by atoms with Crippen LogP contribution < -0.4 is 14.8 Å². The molecule has 4 heteroatoms. The second-order valence-electron chi connectivity index (χ2n) is 3.70. The van der Waals surface area contributed by atoms with E-state index in [4.69, 9.17) is 14.6 Å². The van der Waals surface area contributed by atoms with Crippen molar-refractivity contribution in [2.75, 3.05) is 20.8 Å². The van der Waals surface area contributed by atoms with Crippen LogP contribution in [0.5, 0.6) is 11.5 Å². The molecule has 2 N–H and O–H groups in total. The first-order chi connectivity index (χ1) is 7.65. The molecule has 0 aliphatic heterocycles. The summed E-state index contributed by atoms with van der Waals surface area (Å²) in [5.74, 6) is 1.54. The highest BCUT2D eigenvalue weighted by Gasteiger charge is 2.02. The number of benzene rings is 1. The van der Waals surface area contributed by atoms with E-state index >= 15 is 0 Å². The molecule has 90 valence electrons. The summed E-state index contributed by atoms with van der Waals surface area (Å²) in [6.07, 6.45) is -0.340. The standard InChI is InChI=1S/C12H19NO3/c1-9(14)7-13-8-10-4-11(15-2)6-12(5-10)16-3/h4-6,9,13-14H,7-8H2,1-3H3/t9-/m1/s1. The maximum atomic E-state index is 9.12. The van der Waals surface area contributed by atoms with Gasteiger partial charge in [0.15, 0.2) is 0 Å².